The van der Waals surface area contributed by atoms with Crippen LogP contribution in [0.3, 0.4) is 0 Å². The molecular formula is C28H27FN4O3S. The molecule has 0 saturated carbocycles. The van der Waals surface area contributed by atoms with E-state index in [2.05, 4.69) is 9.55 Å². The van der Waals surface area contributed by atoms with E-state index < -0.39 is 22.5 Å². The first-order chi connectivity index (χ1) is 17.5. The molecule has 0 aliphatic carbocycles. The Morgan fingerprint density at radius 3 is 2.35 bits per heavy atom. The quantitative estimate of drug-likeness (QED) is 0.333. The molecule has 0 fully saturated rings. The molecule has 0 amide bonds. The van der Waals surface area contributed by atoms with Crippen LogP contribution in [-0.4, -0.2) is 26.2 Å². The third-order valence-electron chi connectivity index (χ3n) is 6.42. The summed E-state index contributed by atoms with van der Waals surface area (Å²) in [5.74, 6) is -0.229. The van der Waals surface area contributed by atoms with Crippen LogP contribution in [0.2, 0.25) is 0 Å². The molecule has 0 radical (unpaired) electrons. The summed E-state index contributed by atoms with van der Waals surface area (Å²) in [7, 11) is 1.51. The molecule has 1 N–H and O–H groups in total. The van der Waals surface area contributed by atoms with Crippen LogP contribution in [0.4, 0.5) is 4.39 Å². The lowest BCUT2D eigenvalue weighted by Crippen LogP contribution is -2.28. The smallest absolute Gasteiger partial charge is 0.333 e. The molecule has 0 unspecified atom stereocenters. The standard InChI is InChI=1S/C28H27FN4O3S/c1-15-7-8-16(2)33(15)27-30-19-10-9-17(13-21(19)37-27)23-24(29)20(32-12-11-22(34)31-26(32)35)14-18(25(23)36-6)28(3,4)5/h7-14H,1-6H3,(H,31,34,35). The van der Waals surface area contributed by atoms with Gasteiger partial charge in [0.2, 0.25) is 0 Å². The van der Waals surface area contributed by atoms with Gasteiger partial charge >= 0.3 is 5.69 Å². The number of nitrogens with one attached hydrogen (secondary N) is 1. The van der Waals surface area contributed by atoms with Crippen molar-refractivity contribution in [3.05, 3.63) is 92.3 Å². The van der Waals surface area contributed by atoms with E-state index in [-0.39, 0.29) is 11.3 Å². The number of nitrogens with zero attached hydrogens (tertiary/aromatic N) is 3. The van der Waals surface area contributed by atoms with Gasteiger partial charge in [-0.3, -0.25) is 18.9 Å². The number of ether oxygens (including phenoxy) is 1. The van der Waals surface area contributed by atoms with Gasteiger partial charge in [-0.05, 0) is 55.2 Å². The number of methoxy groups -OCH3 is 1. The van der Waals surface area contributed by atoms with Crippen molar-refractivity contribution in [2.75, 3.05) is 7.11 Å². The van der Waals surface area contributed by atoms with Crippen LogP contribution in [0.15, 0.2) is 58.3 Å². The Hall–Kier alpha value is -3.98. The topological polar surface area (TPSA) is 81.9 Å². The Balaban J connectivity index is 1.79. The maximum absolute atomic E-state index is 16.3. The predicted octanol–water partition coefficient (Wildman–Crippen LogP) is 5.66. The Kier molecular flexibility index (Phi) is 5.91. The minimum atomic E-state index is -0.720. The SMILES string of the molecule is COc1c(C(C)(C)C)cc(-n2ccc(=O)[nH]c2=O)c(F)c1-c1ccc2nc(-n3c(C)ccc3C)sc2c1. The van der Waals surface area contributed by atoms with Gasteiger partial charge in [0.15, 0.2) is 10.9 Å². The highest BCUT2D eigenvalue weighted by atomic mass is 32.1. The van der Waals surface area contributed by atoms with Crippen LogP contribution < -0.4 is 16.0 Å². The molecule has 0 aliphatic heterocycles. The number of H-pyrrole nitrogens is 1. The van der Waals surface area contributed by atoms with Crippen LogP contribution in [0.1, 0.15) is 37.7 Å². The Morgan fingerprint density at radius 1 is 1.03 bits per heavy atom. The number of benzene rings is 2. The molecule has 9 heteroatoms. The zero-order chi connectivity index (χ0) is 26.6. The van der Waals surface area contributed by atoms with E-state index in [1.165, 1.54) is 30.7 Å². The molecule has 5 rings (SSSR count). The minimum Gasteiger partial charge on any atom is -0.496 e. The second-order valence-corrected chi connectivity index (χ2v) is 11.0. The van der Waals surface area contributed by atoms with Crippen molar-refractivity contribution in [1.29, 1.82) is 0 Å². The number of hydrogen-bond donors (Lipinski definition) is 1. The molecule has 2 aromatic carbocycles. The maximum atomic E-state index is 16.3. The van der Waals surface area contributed by atoms with Gasteiger partial charge in [0, 0.05) is 29.2 Å². The molecular weight excluding hydrogens is 491 g/mol. The molecule has 3 heterocycles. The first kappa shape index (κ1) is 24.7. The summed E-state index contributed by atoms with van der Waals surface area (Å²) in [5.41, 5.74) is 2.87. The fourth-order valence-corrected chi connectivity index (χ4v) is 5.70. The number of halogens is 1. The first-order valence-electron chi connectivity index (χ1n) is 11.8. The summed E-state index contributed by atoms with van der Waals surface area (Å²) in [6.07, 6.45) is 1.28. The number of thiazole rings is 1. The number of fused-ring (bicyclic) bond motifs is 1. The Labute approximate surface area is 216 Å². The van der Waals surface area contributed by atoms with E-state index >= 15 is 4.39 Å². The van der Waals surface area contributed by atoms with Crippen molar-refractivity contribution < 1.29 is 9.13 Å². The van der Waals surface area contributed by atoms with Gasteiger partial charge < -0.3 is 4.74 Å². The number of hydrogen-bond acceptors (Lipinski definition) is 5. The van der Waals surface area contributed by atoms with Crippen molar-refractivity contribution >= 4 is 21.6 Å². The third kappa shape index (κ3) is 4.19. The highest BCUT2D eigenvalue weighted by molar-refractivity contribution is 7.20. The molecule has 0 saturated heterocycles. The van der Waals surface area contributed by atoms with Crippen LogP contribution in [0.25, 0.3) is 32.2 Å². The van der Waals surface area contributed by atoms with E-state index in [1.807, 2.05) is 65.0 Å². The Morgan fingerprint density at radius 2 is 1.73 bits per heavy atom. The van der Waals surface area contributed by atoms with Crippen molar-refractivity contribution in [3.63, 3.8) is 0 Å². The van der Waals surface area contributed by atoms with E-state index in [0.717, 1.165) is 36.9 Å². The van der Waals surface area contributed by atoms with Crippen molar-refractivity contribution in [2.24, 2.45) is 0 Å². The minimum absolute atomic E-state index is 0.0330. The van der Waals surface area contributed by atoms with E-state index in [9.17, 15) is 9.59 Å². The lowest BCUT2D eigenvalue weighted by atomic mass is 9.83. The molecule has 0 aliphatic rings. The monoisotopic (exact) mass is 518 g/mol. The summed E-state index contributed by atoms with van der Waals surface area (Å²) in [4.78, 5) is 31.2. The second kappa shape index (κ2) is 8.85. The van der Waals surface area contributed by atoms with Crippen molar-refractivity contribution in [3.8, 4) is 27.7 Å². The van der Waals surface area contributed by atoms with E-state index in [4.69, 9.17) is 9.72 Å². The van der Waals surface area contributed by atoms with Crippen molar-refractivity contribution in [2.45, 2.75) is 40.0 Å². The number of aromatic nitrogens is 4. The van der Waals surface area contributed by atoms with Gasteiger partial charge in [-0.1, -0.05) is 38.2 Å². The summed E-state index contributed by atoms with van der Waals surface area (Å²) in [6.45, 7) is 10.0. The van der Waals surface area contributed by atoms with E-state index in [0.29, 0.717) is 11.3 Å². The third-order valence-corrected chi connectivity index (χ3v) is 7.42. The van der Waals surface area contributed by atoms with Gasteiger partial charge in [0.05, 0.1) is 28.6 Å². The van der Waals surface area contributed by atoms with Gasteiger partial charge in [-0.2, -0.15) is 0 Å². The number of aryl methyl sites for hydroxylation is 2. The zero-order valence-electron chi connectivity index (χ0n) is 21.5. The molecule has 37 heavy (non-hydrogen) atoms. The highest BCUT2D eigenvalue weighted by Gasteiger charge is 2.28. The molecule has 190 valence electrons. The second-order valence-electron chi connectivity index (χ2n) is 10.0. The van der Waals surface area contributed by atoms with Gasteiger partial charge in [-0.25, -0.2) is 14.2 Å². The number of aromatic amines is 1. The first-order valence-corrected chi connectivity index (χ1v) is 12.6. The molecule has 0 atom stereocenters. The normalized spacial score (nSPS) is 11.9. The predicted molar refractivity (Wildman–Crippen MR) is 145 cm³/mol. The fourth-order valence-electron chi connectivity index (χ4n) is 4.57. The highest BCUT2D eigenvalue weighted by Crippen LogP contribution is 2.44. The van der Waals surface area contributed by atoms with Crippen LogP contribution in [0.5, 0.6) is 5.75 Å². The van der Waals surface area contributed by atoms with Gasteiger partial charge in [-0.15, -0.1) is 0 Å². The summed E-state index contributed by atoms with van der Waals surface area (Å²) in [5, 5.41) is 0.837. The molecule has 5 aromatic rings. The summed E-state index contributed by atoms with van der Waals surface area (Å²) in [6, 6.07) is 12.5. The van der Waals surface area contributed by atoms with Crippen molar-refractivity contribution in [1.82, 2.24) is 19.1 Å². The average molecular weight is 519 g/mol. The summed E-state index contributed by atoms with van der Waals surface area (Å²) >= 11 is 1.52. The van der Waals surface area contributed by atoms with Gasteiger partial charge in [0.25, 0.3) is 5.56 Å². The number of rotatable bonds is 4. The largest absolute Gasteiger partial charge is 0.496 e. The van der Waals surface area contributed by atoms with Crippen LogP contribution in [-0.2, 0) is 5.41 Å². The van der Waals surface area contributed by atoms with E-state index in [1.54, 1.807) is 6.07 Å². The molecule has 7 nitrogen and oxygen atoms in total. The molecule has 0 bridgehead atoms. The maximum Gasteiger partial charge on any atom is 0.333 e. The Bertz CT molecular complexity index is 1770. The fraction of sp³-hybridized carbons (Fsp3) is 0.250. The molecule has 0 spiro atoms. The van der Waals surface area contributed by atoms with Crippen LogP contribution in [0, 0.1) is 19.7 Å². The summed E-state index contributed by atoms with van der Waals surface area (Å²) < 4.78 is 26.2. The lowest BCUT2D eigenvalue weighted by Gasteiger charge is -2.26. The van der Waals surface area contributed by atoms with Gasteiger partial charge in [0.1, 0.15) is 5.75 Å². The zero-order valence-corrected chi connectivity index (χ0v) is 22.3. The molecule has 3 aromatic heterocycles. The lowest BCUT2D eigenvalue weighted by molar-refractivity contribution is 0.396. The average Bonchev–Trinajstić information content (AvgIpc) is 3.39. The van der Waals surface area contributed by atoms with Crippen LogP contribution >= 0.6 is 11.3 Å².